The summed E-state index contributed by atoms with van der Waals surface area (Å²) in [5, 5.41) is 2.74. The number of hydrogen-bond acceptors (Lipinski definition) is 8. The molecule has 33 heavy (non-hydrogen) atoms. The third-order valence-electron chi connectivity index (χ3n) is 4.69. The SMILES string of the molecule is COC(=O)CCCNP(=O)(OC[C@@H]1C=C[C@H](n2cc(C)c(=O)[nH]c2=O)O1)Oc1ccccc1. The van der Waals surface area contributed by atoms with Crippen molar-refractivity contribution < 1.29 is 27.9 Å². The molecular weight excluding hydrogens is 453 g/mol. The fourth-order valence-electron chi connectivity index (χ4n) is 2.96. The number of aromatic nitrogens is 2. The molecule has 2 heterocycles. The minimum absolute atomic E-state index is 0.127. The Bertz CT molecular complexity index is 1140. The molecule has 0 spiro atoms. The van der Waals surface area contributed by atoms with Gasteiger partial charge in [0.25, 0.3) is 5.56 Å². The van der Waals surface area contributed by atoms with Gasteiger partial charge in [0, 0.05) is 24.7 Å². The van der Waals surface area contributed by atoms with Crippen LogP contribution in [0, 0.1) is 6.92 Å². The summed E-state index contributed by atoms with van der Waals surface area (Å²) in [5.74, 6) is -0.0304. The van der Waals surface area contributed by atoms with Crippen LogP contribution in [0.2, 0.25) is 0 Å². The molecule has 0 saturated carbocycles. The molecular formula is C21H26N3O8P. The molecule has 0 amide bonds. The highest BCUT2D eigenvalue weighted by atomic mass is 31.2. The van der Waals surface area contributed by atoms with E-state index >= 15 is 0 Å². The van der Waals surface area contributed by atoms with E-state index in [0.717, 1.165) is 0 Å². The molecule has 0 fully saturated rings. The fourth-order valence-corrected chi connectivity index (χ4v) is 4.35. The maximum Gasteiger partial charge on any atom is 0.458 e. The Morgan fingerprint density at radius 3 is 2.73 bits per heavy atom. The normalized spacial score (nSPS) is 19.2. The van der Waals surface area contributed by atoms with E-state index in [0.29, 0.717) is 17.7 Å². The first-order valence-corrected chi connectivity index (χ1v) is 11.8. The van der Waals surface area contributed by atoms with Gasteiger partial charge in [-0.25, -0.2) is 14.4 Å². The maximum atomic E-state index is 13.3. The van der Waals surface area contributed by atoms with E-state index < -0.39 is 31.3 Å². The highest BCUT2D eigenvalue weighted by molar-refractivity contribution is 7.52. The summed E-state index contributed by atoms with van der Waals surface area (Å²) in [6.07, 6.45) is 3.88. The molecule has 1 aromatic heterocycles. The first kappa shape index (κ1) is 24.7. The number of aromatic amines is 1. The van der Waals surface area contributed by atoms with E-state index in [1.165, 1.54) is 17.9 Å². The van der Waals surface area contributed by atoms with Crippen molar-refractivity contribution in [2.24, 2.45) is 0 Å². The fraction of sp³-hybridized carbons (Fsp3) is 0.381. The first-order chi connectivity index (χ1) is 15.8. The molecule has 2 N–H and O–H groups in total. The van der Waals surface area contributed by atoms with Crippen molar-refractivity contribution in [2.75, 3.05) is 20.3 Å². The van der Waals surface area contributed by atoms with E-state index in [1.807, 2.05) is 0 Å². The molecule has 11 nitrogen and oxygen atoms in total. The number of para-hydroxylation sites is 1. The number of esters is 1. The lowest BCUT2D eigenvalue weighted by molar-refractivity contribution is -0.140. The Labute approximate surface area is 189 Å². The van der Waals surface area contributed by atoms with Crippen LogP contribution in [0.5, 0.6) is 5.75 Å². The molecule has 1 aliphatic heterocycles. The average molecular weight is 479 g/mol. The Morgan fingerprint density at radius 2 is 2.00 bits per heavy atom. The number of rotatable bonds is 11. The van der Waals surface area contributed by atoms with Crippen molar-refractivity contribution >= 4 is 13.7 Å². The van der Waals surface area contributed by atoms with Crippen molar-refractivity contribution in [3.63, 3.8) is 0 Å². The molecule has 0 aliphatic carbocycles. The van der Waals surface area contributed by atoms with Gasteiger partial charge in [-0.3, -0.25) is 23.7 Å². The van der Waals surface area contributed by atoms with E-state index in [2.05, 4.69) is 14.8 Å². The standard InChI is InChI=1S/C21H26N3O8P/c1-15-13-24(21(27)23-20(15)26)18-11-10-17(31-18)14-30-33(28,22-12-6-9-19(25)29-2)32-16-7-4-3-5-8-16/h3-5,7-8,10-11,13,17-18H,6,9,12,14H2,1-2H3,(H,22,28)(H,23,26,27)/t17-,18+,33?/m0/s1. The number of aryl methyl sites for hydroxylation is 1. The number of nitrogens with one attached hydrogen (secondary N) is 2. The zero-order valence-corrected chi connectivity index (χ0v) is 19.2. The Morgan fingerprint density at radius 1 is 1.24 bits per heavy atom. The number of methoxy groups -OCH3 is 1. The summed E-state index contributed by atoms with van der Waals surface area (Å²) in [6, 6.07) is 8.53. The van der Waals surface area contributed by atoms with Gasteiger partial charge in [-0.1, -0.05) is 24.3 Å². The van der Waals surface area contributed by atoms with Crippen LogP contribution in [0.1, 0.15) is 24.6 Å². The molecule has 1 aromatic carbocycles. The number of benzene rings is 1. The Kier molecular flexibility index (Phi) is 8.40. The molecule has 0 saturated heterocycles. The smallest absolute Gasteiger partial charge is 0.458 e. The highest BCUT2D eigenvalue weighted by Crippen LogP contribution is 2.44. The largest absolute Gasteiger partial charge is 0.469 e. The van der Waals surface area contributed by atoms with Crippen LogP contribution in [0.3, 0.4) is 0 Å². The average Bonchev–Trinajstić information content (AvgIpc) is 3.27. The molecule has 2 aromatic rings. The summed E-state index contributed by atoms with van der Waals surface area (Å²) < 4.78 is 36.1. The molecule has 3 atom stereocenters. The summed E-state index contributed by atoms with van der Waals surface area (Å²) in [4.78, 5) is 37.2. The summed E-state index contributed by atoms with van der Waals surface area (Å²) in [7, 11) is -2.51. The lowest BCUT2D eigenvalue weighted by Gasteiger charge is -2.22. The van der Waals surface area contributed by atoms with Gasteiger partial charge in [-0.05, 0) is 31.6 Å². The minimum atomic E-state index is -3.81. The molecule has 0 radical (unpaired) electrons. The molecule has 1 unspecified atom stereocenters. The van der Waals surface area contributed by atoms with Crippen LogP contribution in [0.15, 0.2) is 58.3 Å². The summed E-state index contributed by atoms with van der Waals surface area (Å²) >= 11 is 0. The monoisotopic (exact) mass is 479 g/mol. The zero-order chi connectivity index (χ0) is 23.8. The second kappa shape index (κ2) is 11.2. The van der Waals surface area contributed by atoms with Gasteiger partial charge < -0.3 is 14.0 Å². The van der Waals surface area contributed by atoms with E-state index in [1.54, 1.807) is 49.4 Å². The number of carbonyl (C=O) groups is 1. The van der Waals surface area contributed by atoms with Crippen molar-refractivity contribution in [1.29, 1.82) is 0 Å². The Hall–Kier alpha value is -2.98. The van der Waals surface area contributed by atoms with Crippen molar-refractivity contribution in [2.45, 2.75) is 32.1 Å². The maximum absolute atomic E-state index is 13.3. The van der Waals surface area contributed by atoms with Gasteiger partial charge in [-0.15, -0.1) is 0 Å². The van der Waals surface area contributed by atoms with Crippen LogP contribution >= 0.6 is 7.75 Å². The van der Waals surface area contributed by atoms with E-state index in [9.17, 15) is 18.9 Å². The van der Waals surface area contributed by atoms with Crippen molar-refractivity contribution in [3.05, 3.63) is 75.1 Å². The lowest BCUT2D eigenvalue weighted by Crippen LogP contribution is -2.33. The zero-order valence-electron chi connectivity index (χ0n) is 18.3. The Balaban J connectivity index is 1.62. The van der Waals surface area contributed by atoms with Gasteiger partial charge in [0.05, 0.1) is 13.7 Å². The quantitative estimate of drug-likeness (QED) is 0.215. The highest BCUT2D eigenvalue weighted by Gasteiger charge is 2.30. The van der Waals surface area contributed by atoms with Gasteiger partial charge in [0.1, 0.15) is 11.9 Å². The van der Waals surface area contributed by atoms with Gasteiger partial charge >= 0.3 is 19.4 Å². The molecule has 3 rings (SSSR count). The summed E-state index contributed by atoms with van der Waals surface area (Å²) in [6.45, 7) is 1.64. The minimum Gasteiger partial charge on any atom is -0.469 e. The van der Waals surface area contributed by atoms with Crippen molar-refractivity contribution in [3.8, 4) is 5.75 Å². The van der Waals surface area contributed by atoms with E-state index in [4.69, 9.17) is 13.8 Å². The van der Waals surface area contributed by atoms with Gasteiger partial charge in [0.15, 0.2) is 6.23 Å². The van der Waals surface area contributed by atoms with Crippen LogP contribution < -0.4 is 20.9 Å². The number of hydrogen-bond donors (Lipinski definition) is 2. The second-order valence-corrected chi connectivity index (χ2v) is 8.97. The first-order valence-electron chi connectivity index (χ1n) is 10.3. The lowest BCUT2D eigenvalue weighted by atomic mass is 10.3. The second-order valence-electron chi connectivity index (χ2n) is 7.21. The van der Waals surface area contributed by atoms with E-state index in [-0.39, 0.29) is 25.5 Å². The van der Waals surface area contributed by atoms with Gasteiger partial charge in [0.2, 0.25) is 0 Å². The number of ether oxygens (including phenoxy) is 2. The van der Waals surface area contributed by atoms with Crippen LogP contribution in [0.4, 0.5) is 0 Å². The van der Waals surface area contributed by atoms with Gasteiger partial charge in [-0.2, -0.15) is 0 Å². The molecule has 1 aliphatic rings. The number of carbonyl (C=O) groups excluding carboxylic acids is 1. The van der Waals surface area contributed by atoms with Crippen LogP contribution in [-0.2, 0) is 23.4 Å². The number of nitrogens with zero attached hydrogens (tertiary/aromatic N) is 1. The van der Waals surface area contributed by atoms with Crippen LogP contribution in [-0.4, -0.2) is 41.9 Å². The summed E-state index contributed by atoms with van der Waals surface area (Å²) in [5.41, 5.74) is -0.703. The molecule has 178 valence electrons. The predicted molar refractivity (Wildman–Crippen MR) is 119 cm³/mol. The van der Waals surface area contributed by atoms with Crippen LogP contribution in [0.25, 0.3) is 0 Å². The predicted octanol–water partition coefficient (Wildman–Crippen LogP) is 2.05. The topological polar surface area (TPSA) is 138 Å². The third-order valence-corrected chi connectivity index (χ3v) is 6.24. The molecule has 12 heteroatoms. The van der Waals surface area contributed by atoms with Crippen molar-refractivity contribution in [1.82, 2.24) is 14.6 Å². The molecule has 0 bridgehead atoms. The third kappa shape index (κ3) is 7.00. The number of H-pyrrole nitrogens is 1.